The predicted molar refractivity (Wildman–Crippen MR) is 133 cm³/mol. The first kappa shape index (κ1) is 26.2. The molecule has 1 saturated heterocycles. The topological polar surface area (TPSA) is 122 Å². The van der Waals surface area contributed by atoms with Gasteiger partial charge in [0, 0.05) is 31.5 Å². The Bertz CT molecular complexity index is 994. The molecule has 8 nitrogen and oxygen atoms in total. The van der Waals surface area contributed by atoms with Crippen molar-refractivity contribution in [2.75, 3.05) is 6.54 Å². The van der Waals surface area contributed by atoms with Crippen molar-refractivity contribution in [3.63, 3.8) is 0 Å². The first-order valence-corrected chi connectivity index (χ1v) is 12.1. The van der Waals surface area contributed by atoms with Crippen molar-refractivity contribution >= 4 is 17.8 Å². The molecule has 1 aliphatic rings. The zero-order valence-corrected chi connectivity index (χ0v) is 20.4. The van der Waals surface area contributed by atoms with E-state index in [9.17, 15) is 19.5 Å². The maximum Gasteiger partial charge on any atom is 0.345 e. The lowest BCUT2D eigenvalue weighted by molar-refractivity contribution is -0.147. The summed E-state index contributed by atoms with van der Waals surface area (Å²) in [4.78, 5) is 38.7. The zero-order chi connectivity index (χ0) is 25.4. The number of carboxylic acid groups (broad SMARTS) is 1. The van der Waals surface area contributed by atoms with E-state index in [0.717, 1.165) is 17.5 Å². The molecule has 3 rings (SSSR count). The third-order valence-corrected chi connectivity index (χ3v) is 6.16. The summed E-state index contributed by atoms with van der Waals surface area (Å²) in [6.07, 6.45) is 1.30. The lowest BCUT2D eigenvalue weighted by Crippen LogP contribution is -2.47. The number of carbonyl (C=O) groups is 3. The molecule has 1 heterocycles. The molecule has 188 valence electrons. The molecule has 35 heavy (non-hydrogen) atoms. The fourth-order valence-electron chi connectivity index (χ4n) is 4.28. The van der Waals surface area contributed by atoms with Crippen LogP contribution >= 0.6 is 0 Å². The molecule has 0 aliphatic carbocycles. The normalized spacial score (nSPS) is 17.1. The van der Waals surface area contributed by atoms with Gasteiger partial charge in [-0.05, 0) is 42.5 Å². The molecule has 1 aliphatic heterocycles. The van der Waals surface area contributed by atoms with Gasteiger partial charge in [0.05, 0.1) is 0 Å². The highest BCUT2D eigenvalue weighted by Gasteiger charge is 2.34. The van der Waals surface area contributed by atoms with Gasteiger partial charge in [0.1, 0.15) is 11.8 Å². The van der Waals surface area contributed by atoms with E-state index in [0.29, 0.717) is 31.7 Å². The Morgan fingerprint density at radius 3 is 2.40 bits per heavy atom. The first-order chi connectivity index (χ1) is 16.7. The van der Waals surface area contributed by atoms with E-state index in [4.69, 9.17) is 10.5 Å². The van der Waals surface area contributed by atoms with Crippen LogP contribution < -0.4 is 15.8 Å². The maximum absolute atomic E-state index is 12.9. The number of rotatable bonds is 11. The summed E-state index contributed by atoms with van der Waals surface area (Å²) in [7, 11) is 0. The third-order valence-electron chi connectivity index (χ3n) is 6.16. The number of nitrogens with one attached hydrogen (secondary N) is 1. The van der Waals surface area contributed by atoms with Crippen molar-refractivity contribution in [3.8, 4) is 5.75 Å². The van der Waals surface area contributed by atoms with Crippen molar-refractivity contribution in [1.82, 2.24) is 10.2 Å². The van der Waals surface area contributed by atoms with Crippen molar-refractivity contribution < 1.29 is 24.2 Å². The highest BCUT2D eigenvalue weighted by Crippen LogP contribution is 2.20. The number of nitrogens with zero attached hydrogens (tertiary/aromatic N) is 1. The highest BCUT2D eigenvalue weighted by atomic mass is 16.5. The Labute approximate surface area is 206 Å². The molecule has 0 aromatic heterocycles. The van der Waals surface area contributed by atoms with Crippen LogP contribution in [0.1, 0.15) is 44.2 Å². The number of ether oxygens (including phenoxy) is 1. The predicted octanol–water partition coefficient (Wildman–Crippen LogP) is 2.74. The second-order valence-corrected chi connectivity index (χ2v) is 9.38. The van der Waals surface area contributed by atoms with E-state index in [1.807, 2.05) is 30.3 Å². The average molecular weight is 482 g/mol. The Morgan fingerprint density at radius 2 is 1.77 bits per heavy atom. The van der Waals surface area contributed by atoms with Crippen LogP contribution in [0.25, 0.3) is 0 Å². The number of hydrogen-bond acceptors (Lipinski definition) is 5. The number of benzene rings is 2. The van der Waals surface area contributed by atoms with Gasteiger partial charge in [-0.3, -0.25) is 9.59 Å². The highest BCUT2D eigenvalue weighted by molar-refractivity contribution is 5.88. The van der Waals surface area contributed by atoms with E-state index in [2.05, 4.69) is 5.32 Å². The van der Waals surface area contributed by atoms with Gasteiger partial charge in [0.2, 0.25) is 11.8 Å². The molecular formula is C27H35N3O5. The van der Waals surface area contributed by atoms with Crippen LogP contribution in [-0.2, 0) is 27.3 Å². The molecule has 8 heteroatoms. The summed E-state index contributed by atoms with van der Waals surface area (Å²) in [5, 5.41) is 12.2. The van der Waals surface area contributed by atoms with Crippen LogP contribution in [0.5, 0.6) is 5.75 Å². The van der Waals surface area contributed by atoms with Crippen LogP contribution in [0.15, 0.2) is 54.6 Å². The first-order valence-electron chi connectivity index (χ1n) is 12.1. The van der Waals surface area contributed by atoms with Crippen molar-refractivity contribution in [2.45, 2.75) is 64.3 Å². The van der Waals surface area contributed by atoms with E-state index in [-0.39, 0.29) is 30.2 Å². The fourth-order valence-corrected chi connectivity index (χ4v) is 4.28. The number of hydrogen-bond donors (Lipinski definition) is 3. The third kappa shape index (κ3) is 7.55. The second-order valence-electron chi connectivity index (χ2n) is 9.38. The van der Waals surface area contributed by atoms with Crippen LogP contribution in [0.4, 0.5) is 0 Å². The average Bonchev–Trinajstić information content (AvgIpc) is 3.32. The fraction of sp³-hybridized carbons (Fsp3) is 0.444. The number of amides is 2. The lowest BCUT2D eigenvalue weighted by atomic mass is 10.0. The smallest absolute Gasteiger partial charge is 0.345 e. The van der Waals surface area contributed by atoms with Crippen LogP contribution in [0, 0.1) is 5.92 Å². The zero-order valence-electron chi connectivity index (χ0n) is 20.4. The van der Waals surface area contributed by atoms with Crippen LogP contribution in [0.3, 0.4) is 0 Å². The van der Waals surface area contributed by atoms with Crippen molar-refractivity contribution in [1.29, 1.82) is 0 Å². The lowest BCUT2D eigenvalue weighted by Gasteiger charge is -2.25. The number of aliphatic carboxylic acids is 1. The molecular weight excluding hydrogens is 446 g/mol. The molecule has 2 aromatic carbocycles. The van der Waals surface area contributed by atoms with Gasteiger partial charge in [-0.2, -0.15) is 0 Å². The molecule has 4 N–H and O–H groups in total. The minimum atomic E-state index is -1.01. The number of carbonyl (C=O) groups excluding carboxylic acids is 2. The number of carboxylic acids is 1. The quantitative estimate of drug-likeness (QED) is 0.454. The molecule has 1 unspecified atom stereocenters. The SMILES string of the molecule is CC(C)[C@@H](Oc1ccc(CNC(=O)[C@@H]2CCCN2C(=O)CC(N)Cc2ccccc2)cc1)C(=O)O. The molecule has 0 spiro atoms. The van der Waals surface area contributed by atoms with E-state index < -0.39 is 18.1 Å². The van der Waals surface area contributed by atoms with E-state index in [1.165, 1.54) is 0 Å². The minimum Gasteiger partial charge on any atom is -0.478 e. The summed E-state index contributed by atoms with van der Waals surface area (Å²) >= 11 is 0. The van der Waals surface area contributed by atoms with Gasteiger partial charge in [0.25, 0.3) is 0 Å². The Balaban J connectivity index is 1.49. The molecule has 0 saturated carbocycles. The van der Waals surface area contributed by atoms with E-state index in [1.54, 1.807) is 43.0 Å². The van der Waals surface area contributed by atoms with Gasteiger partial charge in [-0.1, -0.05) is 56.3 Å². The molecule has 2 amide bonds. The van der Waals surface area contributed by atoms with Crippen LogP contribution in [0.2, 0.25) is 0 Å². The maximum atomic E-state index is 12.9. The van der Waals surface area contributed by atoms with Crippen molar-refractivity contribution in [3.05, 3.63) is 65.7 Å². The van der Waals surface area contributed by atoms with Gasteiger partial charge >= 0.3 is 5.97 Å². The minimum absolute atomic E-state index is 0.0919. The summed E-state index contributed by atoms with van der Waals surface area (Å²) in [5.74, 6) is -0.991. The standard InChI is InChI=1S/C27H35N3O5/c1-18(2)25(27(33)34)35-22-12-10-20(11-13-22)17-29-26(32)23-9-6-14-30(23)24(31)16-21(28)15-19-7-4-3-5-8-19/h3-5,7-8,10-13,18,21,23,25H,6,9,14-17,28H2,1-2H3,(H,29,32)(H,33,34)/t21?,23-,25+/m0/s1. The van der Waals surface area contributed by atoms with Crippen LogP contribution in [-0.4, -0.2) is 52.5 Å². The Kier molecular flexibility index (Phi) is 9.25. The van der Waals surface area contributed by atoms with Crippen molar-refractivity contribution in [2.24, 2.45) is 11.7 Å². The summed E-state index contributed by atoms with van der Waals surface area (Å²) in [6.45, 7) is 4.44. The van der Waals surface area contributed by atoms with Gasteiger partial charge in [0.15, 0.2) is 6.10 Å². The molecule has 3 atom stereocenters. The summed E-state index contributed by atoms with van der Waals surface area (Å²) in [6, 6.07) is 16.0. The molecule has 0 radical (unpaired) electrons. The molecule has 0 bridgehead atoms. The van der Waals surface area contributed by atoms with Gasteiger partial charge in [-0.25, -0.2) is 4.79 Å². The second kappa shape index (κ2) is 12.4. The van der Waals surface area contributed by atoms with Gasteiger partial charge in [-0.15, -0.1) is 0 Å². The van der Waals surface area contributed by atoms with Gasteiger partial charge < -0.3 is 25.8 Å². The van der Waals surface area contributed by atoms with E-state index >= 15 is 0 Å². The Hall–Kier alpha value is -3.39. The summed E-state index contributed by atoms with van der Waals surface area (Å²) < 4.78 is 5.57. The number of likely N-dealkylation sites (tertiary alicyclic amines) is 1. The Morgan fingerprint density at radius 1 is 1.09 bits per heavy atom. The summed E-state index contributed by atoms with van der Waals surface area (Å²) in [5.41, 5.74) is 8.15. The molecule has 2 aromatic rings. The largest absolute Gasteiger partial charge is 0.478 e. The molecule has 1 fully saturated rings. The monoisotopic (exact) mass is 481 g/mol. The number of nitrogens with two attached hydrogens (primary N) is 1.